The monoisotopic (exact) mass is 532 g/mol. The van der Waals surface area contributed by atoms with Gasteiger partial charge in [-0.3, -0.25) is 29.0 Å². The minimum absolute atomic E-state index is 0.230. The highest BCUT2D eigenvalue weighted by Gasteiger charge is 2.35. The van der Waals surface area contributed by atoms with Gasteiger partial charge in [0.2, 0.25) is 0 Å². The van der Waals surface area contributed by atoms with Gasteiger partial charge in [-0.15, -0.1) is 0 Å². The van der Waals surface area contributed by atoms with Crippen LogP contribution in [0.3, 0.4) is 0 Å². The molecule has 4 aromatic rings. The predicted molar refractivity (Wildman–Crippen MR) is 153 cm³/mol. The van der Waals surface area contributed by atoms with E-state index in [4.69, 9.17) is 5.73 Å². The molecule has 8 nitrogen and oxygen atoms in total. The van der Waals surface area contributed by atoms with Crippen molar-refractivity contribution < 1.29 is 19.2 Å². The second kappa shape index (κ2) is 9.27. The first-order valence-corrected chi connectivity index (χ1v) is 13.8. The van der Waals surface area contributed by atoms with Gasteiger partial charge >= 0.3 is 0 Å². The number of nitrogens with zero attached hydrogens (tertiary/aromatic N) is 2. The molecular formula is C32H28N4O4. The molecule has 4 amide bonds. The van der Waals surface area contributed by atoms with Crippen molar-refractivity contribution in [1.29, 1.82) is 0 Å². The summed E-state index contributed by atoms with van der Waals surface area (Å²) in [6, 6.07) is 16.6. The molecule has 40 heavy (non-hydrogen) atoms. The van der Waals surface area contributed by atoms with Gasteiger partial charge in [0, 0.05) is 46.2 Å². The second-order valence-corrected chi connectivity index (χ2v) is 10.7. The largest absolute Gasteiger partial charge is 0.399 e. The van der Waals surface area contributed by atoms with Crippen molar-refractivity contribution in [1.82, 2.24) is 15.1 Å². The maximum atomic E-state index is 13.2. The lowest BCUT2D eigenvalue weighted by Crippen LogP contribution is -2.42. The summed E-state index contributed by atoms with van der Waals surface area (Å²) in [5, 5.41) is 6.67. The van der Waals surface area contributed by atoms with Crippen molar-refractivity contribution in [3.05, 3.63) is 88.0 Å². The van der Waals surface area contributed by atoms with Gasteiger partial charge in [-0.25, -0.2) is 0 Å². The van der Waals surface area contributed by atoms with Gasteiger partial charge < -0.3 is 11.1 Å². The molecule has 0 saturated heterocycles. The van der Waals surface area contributed by atoms with Crippen LogP contribution in [0.25, 0.3) is 21.5 Å². The standard InChI is InChI=1S/C32H28N4O4/c33-21-16-20-4-1-5-22-27(20)25(17-21)32(40)36(29(22)37)15-3-13-34-12-2-14-35-30(38)23-10-8-18-6-7-19-9-11-24(31(35)39)28(23)26(18)19/h1,4-5,8-11,16-17,34H,2-3,6-7,12-15,33H2. The van der Waals surface area contributed by atoms with Crippen LogP contribution in [0, 0.1) is 0 Å². The van der Waals surface area contributed by atoms with Crippen LogP contribution in [0.4, 0.5) is 5.69 Å². The summed E-state index contributed by atoms with van der Waals surface area (Å²) in [7, 11) is 0. The van der Waals surface area contributed by atoms with Crippen LogP contribution in [0.1, 0.15) is 65.4 Å². The Morgan fingerprint density at radius 1 is 0.625 bits per heavy atom. The van der Waals surface area contributed by atoms with Crippen molar-refractivity contribution in [3.8, 4) is 0 Å². The molecule has 0 bridgehead atoms. The molecule has 0 unspecified atom stereocenters. The maximum absolute atomic E-state index is 13.2. The quantitative estimate of drug-likeness (QED) is 0.202. The molecule has 1 aliphatic carbocycles. The first-order chi connectivity index (χ1) is 19.4. The van der Waals surface area contributed by atoms with Gasteiger partial charge in [-0.05, 0) is 91.0 Å². The van der Waals surface area contributed by atoms with E-state index in [2.05, 4.69) is 5.32 Å². The summed E-state index contributed by atoms with van der Waals surface area (Å²) >= 11 is 0. The van der Waals surface area contributed by atoms with Crippen molar-refractivity contribution in [2.75, 3.05) is 31.9 Å². The Morgan fingerprint density at radius 2 is 1.18 bits per heavy atom. The van der Waals surface area contributed by atoms with Crippen LogP contribution >= 0.6 is 0 Å². The number of nitrogens with one attached hydrogen (secondary N) is 1. The van der Waals surface area contributed by atoms with E-state index in [0.29, 0.717) is 65.8 Å². The molecule has 0 fully saturated rings. The van der Waals surface area contributed by atoms with Crippen molar-refractivity contribution >= 4 is 50.9 Å². The lowest BCUT2D eigenvalue weighted by molar-refractivity contribution is 0.0596. The molecule has 8 heteroatoms. The first-order valence-electron chi connectivity index (χ1n) is 13.8. The van der Waals surface area contributed by atoms with Crippen molar-refractivity contribution in [3.63, 3.8) is 0 Å². The van der Waals surface area contributed by atoms with Crippen LogP contribution < -0.4 is 11.1 Å². The molecule has 3 N–H and O–H groups in total. The Kier molecular flexibility index (Phi) is 5.68. The van der Waals surface area contributed by atoms with Crippen LogP contribution in [-0.2, 0) is 12.8 Å². The Bertz CT molecular complexity index is 1730. The van der Waals surface area contributed by atoms with E-state index in [1.165, 1.54) is 20.9 Å². The summed E-state index contributed by atoms with van der Waals surface area (Å²) in [4.78, 5) is 55.3. The Balaban J connectivity index is 0.943. The van der Waals surface area contributed by atoms with E-state index in [0.717, 1.165) is 29.0 Å². The Morgan fingerprint density at radius 3 is 1.77 bits per heavy atom. The third kappa shape index (κ3) is 3.63. The zero-order chi connectivity index (χ0) is 27.5. The molecule has 0 atom stereocenters. The van der Waals surface area contributed by atoms with Gasteiger partial charge in [0.25, 0.3) is 23.6 Å². The highest BCUT2D eigenvalue weighted by atomic mass is 16.2. The van der Waals surface area contributed by atoms with E-state index in [-0.39, 0.29) is 30.2 Å². The van der Waals surface area contributed by atoms with Crippen LogP contribution in [0.2, 0.25) is 0 Å². The molecule has 0 radical (unpaired) electrons. The topological polar surface area (TPSA) is 113 Å². The average molecular weight is 533 g/mol. The lowest BCUT2D eigenvalue weighted by Gasteiger charge is -2.28. The summed E-state index contributed by atoms with van der Waals surface area (Å²) in [6.45, 7) is 1.78. The minimum atomic E-state index is -0.326. The summed E-state index contributed by atoms with van der Waals surface area (Å²) in [5.41, 5.74) is 11.1. The number of rotatable bonds is 8. The molecule has 200 valence electrons. The van der Waals surface area contributed by atoms with Gasteiger partial charge in [0.1, 0.15) is 0 Å². The van der Waals surface area contributed by atoms with Crippen molar-refractivity contribution in [2.45, 2.75) is 25.7 Å². The molecule has 0 aromatic heterocycles. The summed E-state index contributed by atoms with van der Waals surface area (Å²) < 4.78 is 0. The molecule has 0 saturated carbocycles. The smallest absolute Gasteiger partial charge is 0.261 e. The number of carbonyl (C=O) groups is 4. The Labute approximate surface area is 230 Å². The summed E-state index contributed by atoms with van der Waals surface area (Å²) in [5.74, 6) is -1.08. The van der Waals surface area contributed by atoms with Crippen LogP contribution in [0.15, 0.2) is 54.6 Å². The van der Waals surface area contributed by atoms with E-state index in [9.17, 15) is 19.2 Å². The number of benzene rings is 4. The number of anilines is 1. The second-order valence-electron chi connectivity index (χ2n) is 10.7. The van der Waals surface area contributed by atoms with Crippen molar-refractivity contribution in [2.24, 2.45) is 0 Å². The fourth-order valence-corrected chi connectivity index (χ4v) is 6.50. The molecule has 4 aromatic carbocycles. The molecule has 7 rings (SSSR count). The number of imide groups is 2. The zero-order valence-corrected chi connectivity index (χ0v) is 22.0. The number of carbonyl (C=O) groups excluding carboxylic acids is 4. The molecule has 0 spiro atoms. The average Bonchev–Trinajstić information content (AvgIpc) is 3.38. The zero-order valence-electron chi connectivity index (χ0n) is 22.0. The number of nitrogen functional groups attached to an aromatic ring is 1. The summed E-state index contributed by atoms with van der Waals surface area (Å²) in [6.07, 6.45) is 3.08. The molecule has 2 aliphatic heterocycles. The third-order valence-electron chi connectivity index (χ3n) is 8.37. The van der Waals surface area contributed by atoms with Gasteiger partial charge in [-0.2, -0.15) is 0 Å². The van der Waals surface area contributed by atoms with Gasteiger partial charge in [0.05, 0.1) is 5.56 Å². The van der Waals surface area contributed by atoms with Crippen LogP contribution in [0.5, 0.6) is 0 Å². The number of amides is 4. The lowest BCUT2D eigenvalue weighted by atomic mass is 9.91. The number of hydrogen-bond acceptors (Lipinski definition) is 6. The van der Waals surface area contributed by atoms with E-state index < -0.39 is 0 Å². The third-order valence-corrected chi connectivity index (χ3v) is 8.37. The van der Waals surface area contributed by atoms with Gasteiger partial charge in [-0.1, -0.05) is 24.3 Å². The number of aryl methyl sites for hydroxylation is 2. The van der Waals surface area contributed by atoms with Gasteiger partial charge in [0.15, 0.2) is 0 Å². The van der Waals surface area contributed by atoms with E-state index >= 15 is 0 Å². The minimum Gasteiger partial charge on any atom is -0.399 e. The normalized spacial score (nSPS) is 15.7. The fourth-order valence-electron chi connectivity index (χ4n) is 6.50. The maximum Gasteiger partial charge on any atom is 0.261 e. The molecular weight excluding hydrogens is 504 g/mol. The highest BCUT2D eigenvalue weighted by molar-refractivity contribution is 6.27. The number of nitrogens with two attached hydrogens (primary N) is 1. The SMILES string of the molecule is Nc1cc2c3c(cccc3c1)C(=O)N(CCCNCCCN1C(=O)c3ccc4c5c(ccc(c35)C1=O)CC4)C2=O. The molecule has 2 heterocycles. The Hall–Kier alpha value is -4.56. The highest BCUT2D eigenvalue weighted by Crippen LogP contribution is 2.38. The van der Waals surface area contributed by atoms with Crippen LogP contribution in [-0.4, -0.2) is 59.6 Å². The first kappa shape index (κ1) is 24.5. The fraction of sp³-hybridized carbons (Fsp3) is 0.250. The van der Waals surface area contributed by atoms with E-state index in [1.54, 1.807) is 24.3 Å². The molecule has 3 aliphatic rings. The predicted octanol–water partition coefficient (Wildman–Crippen LogP) is 3.94. The van der Waals surface area contributed by atoms with E-state index in [1.807, 2.05) is 30.3 Å². The number of hydrogen-bond donors (Lipinski definition) is 2.